The first-order valence-electron chi connectivity index (χ1n) is 11.3. The molecule has 34 heavy (non-hydrogen) atoms. The molecule has 0 N–H and O–H groups in total. The topological polar surface area (TPSA) is 173 Å². The third-order valence-electron chi connectivity index (χ3n) is 5.45. The molecule has 0 aromatic carbocycles. The Morgan fingerprint density at radius 1 is 0.471 bits per heavy atom. The van der Waals surface area contributed by atoms with E-state index in [0.29, 0.717) is 25.7 Å². The highest BCUT2D eigenvalue weighted by Gasteiger charge is 2.26. The van der Waals surface area contributed by atoms with Gasteiger partial charge in [0.15, 0.2) is 11.9 Å². The van der Waals surface area contributed by atoms with Gasteiger partial charge in [0.05, 0.1) is 23.7 Å². The molecule has 0 spiro atoms. The van der Waals surface area contributed by atoms with Crippen LogP contribution in [0.2, 0.25) is 0 Å². The zero-order valence-corrected chi connectivity index (χ0v) is 22.3. The van der Waals surface area contributed by atoms with Gasteiger partial charge in [0, 0.05) is 0 Å². The summed E-state index contributed by atoms with van der Waals surface area (Å²) in [6.07, 6.45) is 6.37. The van der Waals surface area contributed by atoms with Crippen LogP contribution in [0.1, 0.15) is 77.0 Å². The van der Waals surface area contributed by atoms with Crippen molar-refractivity contribution in [1.82, 2.24) is 0 Å². The maximum atomic E-state index is 11.9. The van der Waals surface area contributed by atoms with E-state index in [1.54, 1.807) is 0 Å². The van der Waals surface area contributed by atoms with Gasteiger partial charge >= 0.3 is 0 Å². The number of hydrogen-bond acceptors (Lipinski definition) is 12. The monoisotopic (exact) mass is 570 g/mol. The highest BCUT2D eigenvalue weighted by atomic mass is 32.2. The van der Waals surface area contributed by atoms with Crippen molar-refractivity contribution in [2.24, 2.45) is 0 Å². The summed E-state index contributed by atoms with van der Waals surface area (Å²) >= 11 is 0. The fourth-order valence-electron chi connectivity index (χ4n) is 3.73. The molecule has 0 atom stereocenters. The molecule has 12 nitrogen and oxygen atoms in total. The van der Waals surface area contributed by atoms with Gasteiger partial charge in [-0.2, -0.15) is 33.7 Å². The standard InChI is InChI=1S/C18H34O12S4/c19-31(20,27-15-33(23,24)29-17-9-3-1-4-10-17)13-7-8-14-32(21,22)28-16-34(25,26)30-18-11-5-2-6-12-18/h17-18H,1-16H2. The lowest BCUT2D eigenvalue weighted by Crippen LogP contribution is -2.26. The summed E-state index contributed by atoms with van der Waals surface area (Å²) < 4.78 is 114. The Morgan fingerprint density at radius 2 is 0.794 bits per heavy atom. The van der Waals surface area contributed by atoms with Crippen molar-refractivity contribution in [3.8, 4) is 0 Å². The highest BCUT2D eigenvalue weighted by Crippen LogP contribution is 2.23. The van der Waals surface area contributed by atoms with E-state index in [9.17, 15) is 33.7 Å². The summed E-state index contributed by atoms with van der Waals surface area (Å²) in [6.45, 7) is 0. The molecule has 2 rings (SSSR count). The van der Waals surface area contributed by atoms with Crippen molar-refractivity contribution in [2.45, 2.75) is 89.3 Å². The van der Waals surface area contributed by atoms with Gasteiger partial charge in [-0.25, -0.2) is 0 Å². The Labute approximate surface area is 203 Å². The Bertz CT molecular complexity index is 950. The lowest BCUT2D eigenvalue weighted by atomic mass is 9.98. The number of rotatable bonds is 15. The molecule has 0 saturated heterocycles. The average Bonchev–Trinajstić information content (AvgIpc) is 2.75. The van der Waals surface area contributed by atoms with Crippen LogP contribution in [0.15, 0.2) is 0 Å². The number of hydrogen-bond donors (Lipinski definition) is 0. The molecule has 0 aromatic heterocycles. The average molecular weight is 571 g/mol. The Hall–Kier alpha value is -0.360. The molecule has 0 aromatic rings. The quantitative estimate of drug-likeness (QED) is 0.206. The second kappa shape index (κ2) is 13.3. The molecule has 2 fully saturated rings. The first-order valence-corrected chi connectivity index (χ1v) is 17.6. The van der Waals surface area contributed by atoms with Gasteiger partial charge in [0.25, 0.3) is 40.5 Å². The van der Waals surface area contributed by atoms with Gasteiger partial charge in [-0.3, -0.25) is 16.7 Å². The lowest BCUT2D eigenvalue weighted by molar-refractivity contribution is 0.156. The zero-order chi connectivity index (χ0) is 25.3. The van der Waals surface area contributed by atoms with E-state index in [2.05, 4.69) is 8.37 Å². The summed E-state index contributed by atoms with van der Waals surface area (Å²) in [6, 6.07) is 0. The van der Waals surface area contributed by atoms with Gasteiger partial charge in [0.2, 0.25) is 0 Å². The van der Waals surface area contributed by atoms with E-state index in [1.807, 2.05) is 0 Å². The first-order chi connectivity index (χ1) is 15.8. The maximum Gasteiger partial charge on any atom is 0.293 e. The number of unbranched alkanes of at least 4 members (excludes halogenated alkanes) is 1. The van der Waals surface area contributed by atoms with Crippen molar-refractivity contribution in [3.63, 3.8) is 0 Å². The van der Waals surface area contributed by atoms with E-state index < -0.39 is 76.1 Å². The Kier molecular flexibility index (Phi) is 11.6. The van der Waals surface area contributed by atoms with Gasteiger partial charge in [-0.15, -0.1) is 0 Å². The van der Waals surface area contributed by atoms with Crippen molar-refractivity contribution in [2.75, 3.05) is 23.4 Å². The van der Waals surface area contributed by atoms with Crippen LogP contribution < -0.4 is 0 Å². The molecule has 0 heterocycles. The molecular formula is C18H34O12S4. The largest absolute Gasteiger partial charge is 0.293 e. The van der Waals surface area contributed by atoms with Crippen LogP contribution in [0, 0.1) is 0 Å². The minimum Gasteiger partial charge on any atom is -0.265 e. The van der Waals surface area contributed by atoms with Crippen LogP contribution in [0.4, 0.5) is 0 Å². The fourth-order valence-corrected chi connectivity index (χ4v) is 8.53. The predicted octanol–water partition coefficient (Wildman–Crippen LogP) is 1.73. The van der Waals surface area contributed by atoms with E-state index >= 15 is 0 Å². The predicted molar refractivity (Wildman–Crippen MR) is 122 cm³/mol. The van der Waals surface area contributed by atoms with E-state index in [4.69, 9.17) is 8.37 Å². The second-order valence-corrected chi connectivity index (χ2v) is 15.1. The van der Waals surface area contributed by atoms with E-state index in [0.717, 1.165) is 38.5 Å². The summed E-state index contributed by atoms with van der Waals surface area (Å²) in [7, 11) is -16.8. The fraction of sp³-hybridized carbons (Fsp3) is 1.00. The summed E-state index contributed by atoms with van der Waals surface area (Å²) in [5.41, 5.74) is 0. The van der Waals surface area contributed by atoms with Crippen molar-refractivity contribution < 1.29 is 50.4 Å². The van der Waals surface area contributed by atoms with Crippen LogP contribution in [0.25, 0.3) is 0 Å². The van der Waals surface area contributed by atoms with Crippen molar-refractivity contribution >= 4 is 40.5 Å². The van der Waals surface area contributed by atoms with Crippen LogP contribution in [0.5, 0.6) is 0 Å². The molecule has 0 bridgehead atoms. The molecule has 202 valence electrons. The van der Waals surface area contributed by atoms with Crippen LogP contribution in [-0.2, 0) is 57.2 Å². The normalized spacial score (nSPS) is 19.9. The van der Waals surface area contributed by atoms with Crippen molar-refractivity contribution in [1.29, 1.82) is 0 Å². The molecule has 0 unspecified atom stereocenters. The minimum absolute atomic E-state index is 0.167. The van der Waals surface area contributed by atoms with Gasteiger partial charge in [0.1, 0.15) is 0 Å². The summed E-state index contributed by atoms with van der Waals surface area (Å²) in [4.78, 5) is 0. The Morgan fingerprint density at radius 3 is 1.12 bits per heavy atom. The van der Waals surface area contributed by atoms with E-state index in [-0.39, 0.29) is 12.8 Å². The van der Waals surface area contributed by atoms with E-state index in [1.165, 1.54) is 0 Å². The molecular weight excluding hydrogens is 536 g/mol. The molecule has 0 amide bonds. The van der Waals surface area contributed by atoms with Crippen LogP contribution in [0.3, 0.4) is 0 Å². The minimum atomic E-state index is -4.24. The summed E-state index contributed by atoms with van der Waals surface area (Å²) in [5.74, 6) is -3.53. The third kappa shape index (κ3) is 12.6. The second-order valence-electron chi connectivity index (χ2n) is 8.53. The smallest absolute Gasteiger partial charge is 0.265 e. The zero-order valence-electron chi connectivity index (χ0n) is 19.0. The van der Waals surface area contributed by atoms with Crippen LogP contribution >= 0.6 is 0 Å². The summed E-state index contributed by atoms with van der Waals surface area (Å²) in [5, 5.41) is 0. The molecule has 2 aliphatic rings. The Balaban J connectivity index is 1.67. The molecule has 0 radical (unpaired) electrons. The first kappa shape index (κ1) is 29.9. The molecule has 0 aliphatic heterocycles. The molecule has 16 heteroatoms. The third-order valence-corrected chi connectivity index (χ3v) is 10.2. The van der Waals surface area contributed by atoms with Crippen molar-refractivity contribution in [3.05, 3.63) is 0 Å². The van der Waals surface area contributed by atoms with Gasteiger partial charge in [-0.05, 0) is 38.5 Å². The maximum absolute atomic E-state index is 11.9. The molecule has 2 saturated carbocycles. The molecule has 2 aliphatic carbocycles. The highest BCUT2D eigenvalue weighted by molar-refractivity contribution is 7.90. The van der Waals surface area contributed by atoms with Gasteiger partial charge in [-0.1, -0.05) is 38.5 Å². The van der Waals surface area contributed by atoms with Crippen LogP contribution in [-0.4, -0.2) is 69.3 Å². The van der Waals surface area contributed by atoms with Gasteiger partial charge < -0.3 is 0 Å². The SMILES string of the molecule is O=S(=O)(CCCCS(=O)(=O)OCS(=O)(=O)OC1CCCCC1)OCS(=O)(=O)OC1CCCCC1. The lowest BCUT2D eigenvalue weighted by Gasteiger charge is -2.21.